The number of carbonyl (C=O) groups is 1. The maximum Gasteiger partial charge on any atom is 0.238 e. The van der Waals surface area contributed by atoms with Crippen LogP contribution in [0.1, 0.15) is 10.9 Å². The van der Waals surface area contributed by atoms with Crippen molar-refractivity contribution in [2.24, 2.45) is 0 Å². The van der Waals surface area contributed by atoms with Gasteiger partial charge in [-0.05, 0) is 18.2 Å². The van der Waals surface area contributed by atoms with Crippen molar-refractivity contribution >= 4 is 23.4 Å². The van der Waals surface area contributed by atoms with Crippen molar-refractivity contribution in [3.8, 4) is 5.75 Å². The molecule has 102 valence electrons. The number of para-hydroxylation sites is 2. The predicted molar refractivity (Wildman–Crippen MR) is 79.9 cm³/mol. The van der Waals surface area contributed by atoms with Crippen molar-refractivity contribution in [2.75, 3.05) is 17.8 Å². The van der Waals surface area contributed by atoms with Gasteiger partial charge in [-0.1, -0.05) is 18.2 Å². The number of amides is 1. The van der Waals surface area contributed by atoms with E-state index in [0.29, 0.717) is 11.5 Å². The number of rotatable bonds is 3. The van der Waals surface area contributed by atoms with Gasteiger partial charge in [0.15, 0.2) is 0 Å². The van der Waals surface area contributed by atoms with Crippen LogP contribution in [0.15, 0.2) is 48.8 Å². The lowest BCUT2D eigenvalue weighted by atomic mass is 10.2. The molecule has 0 bridgehead atoms. The molecule has 0 aliphatic carbocycles. The molecule has 1 aliphatic rings. The van der Waals surface area contributed by atoms with E-state index in [1.54, 1.807) is 36.2 Å². The van der Waals surface area contributed by atoms with Crippen LogP contribution in [-0.2, 0) is 4.79 Å². The van der Waals surface area contributed by atoms with Crippen molar-refractivity contribution in [3.05, 3.63) is 54.4 Å². The van der Waals surface area contributed by atoms with Crippen LogP contribution in [0.5, 0.6) is 5.75 Å². The fraction of sp³-hybridized carbons (Fsp3) is 0.200. The summed E-state index contributed by atoms with van der Waals surface area (Å²) < 4.78 is 5.37. The second kappa shape index (κ2) is 5.54. The van der Waals surface area contributed by atoms with Crippen LogP contribution in [0.2, 0.25) is 0 Å². The maximum absolute atomic E-state index is 12.3. The molecule has 5 heteroatoms. The second-order valence-electron chi connectivity index (χ2n) is 4.39. The van der Waals surface area contributed by atoms with E-state index >= 15 is 0 Å². The lowest BCUT2D eigenvalue weighted by Crippen LogP contribution is -2.28. The van der Waals surface area contributed by atoms with Gasteiger partial charge in [0.2, 0.25) is 5.91 Å². The molecule has 1 aromatic heterocycles. The minimum atomic E-state index is -0.0486. The molecule has 20 heavy (non-hydrogen) atoms. The first-order chi connectivity index (χ1) is 9.81. The van der Waals surface area contributed by atoms with Gasteiger partial charge < -0.3 is 4.74 Å². The van der Waals surface area contributed by atoms with E-state index in [1.165, 1.54) is 0 Å². The fourth-order valence-corrected chi connectivity index (χ4v) is 3.43. The molecule has 0 radical (unpaired) electrons. The molecule has 2 heterocycles. The Bertz CT molecular complexity index is 618. The molecule has 1 aliphatic heterocycles. The van der Waals surface area contributed by atoms with E-state index in [1.807, 2.05) is 36.4 Å². The molecule has 1 unspecified atom stereocenters. The van der Waals surface area contributed by atoms with Crippen LogP contribution in [0, 0.1) is 0 Å². The Balaban J connectivity index is 2.03. The van der Waals surface area contributed by atoms with Gasteiger partial charge in [-0.2, -0.15) is 0 Å². The van der Waals surface area contributed by atoms with E-state index in [4.69, 9.17) is 4.74 Å². The van der Waals surface area contributed by atoms with E-state index in [2.05, 4.69) is 4.98 Å². The molecule has 0 N–H and O–H groups in total. The largest absolute Gasteiger partial charge is 0.495 e. The number of hydrogen-bond acceptors (Lipinski definition) is 4. The highest BCUT2D eigenvalue weighted by Crippen LogP contribution is 2.44. The van der Waals surface area contributed by atoms with Crippen molar-refractivity contribution in [1.82, 2.24) is 4.98 Å². The first-order valence-electron chi connectivity index (χ1n) is 6.28. The second-order valence-corrected chi connectivity index (χ2v) is 5.45. The zero-order valence-corrected chi connectivity index (χ0v) is 11.8. The third-order valence-corrected chi connectivity index (χ3v) is 4.39. The number of ether oxygens (including phenoxy) is 1. The van der Waals surface area contributed by atoms with E-state index < -0.39 is 0 Å². The van der Waals surface area contributed by atoms with Crippen LogP contribution in [0.4, 0.5) is 5.69 Å². The van der Waals surface area contributed by atoms with Crippen LogP contribution in [0.3, 0.4) is 0 Å². The average molecular weight is 286 g/mol. The number of nitrogens with zero attached hydrogens (tertiary/aromatic N) is 2. The van der Waals surface area contributed by atoms with E-state index in [0.717, 1.165) is 11.3 Å². The number of methoxy groups -OCH3 is 1. The molecule has 1 aromatic carbocycles. The van der Waals surface area contributed by atoms with Crippen molar-refractivity contribution in [3.63, 3.8) is 0 Å². The van der Waals surface area contributed by atoms with Crippen LogP contribution < -0.4 is 9.64 Å². The number of pyridine rings is 1. The Hall–Kier alpha value is -2.01. The zero-order chi connectivity index (χ0) is 13.9. The maximum atomic E-state index is 12.3. The lowest BCUT2D eigenvalue weighted by Gasteiger charge is -2.25. The summed E-state index contributed by atoms with van der Waals surface area (Å²) in [4.78, 5) is 18.2. The molecular formula is C15H14N2O2S. The molecule has 0 saturated carbocycles. The number of anilines is 1. The summed E-state index contributed by atoms with van der Waals surface area (Å²) >= 11 is 1.61. The summed E-state index contributed by atoms with van der Waals surface area (Å²) in [6.07, 6.45) is 3.54. The van der Waals surface area contributed by atoms with Gasteiger partial charge in [-0.15, -0.1) is 11.8 Å². The minimum Gasteiger partial charge on any atom is -0.495 e. The van der Waals surface area contributed by atoms with Crippen LogP contribution in [-0.4, -0.2) is 23.8 Å². The van der Waals surface area contributed by atoms with Gasteiger partial charge >= 0.3 is 0 Å². The van der Waals surface area contributed by atoms with Gasteiger partial charge in [-0.3, -0.25) is 14.7 Å². The molecule has 1 amide bonds. The highest BCUT2D eigenvalue weighted by atomic mass is 32.2. The third kappa shape index (κ3) is 2.25. The van der Waals surface area contributed by atoms with Crippen molar-refractivity contribution in [1.29, 1.82) is 0 Å². The highest BCUT2D eigenvalue weighted by molar-refractivity contribution is 8.00. The number of carbonyl (C=O) groups excluding carboxylic acids is 1. The molecule has 2 aromatic rings. The Morgan fingerprint density at radius 2 is 2.15 bits per heavy atom. The molecule has 3 rings (SSSR count). The lowest BCUT2D eigenvalue weighted by molar-refractivity contribution is -0.115. The molecule has 1 fully saturated rings. The van der Waals surface area contributed by atoms with Gasteiger partial charge in [0.05, 0.1) is 18.6 Å². The summed E-state index contributed by atoms with van der Waals surface area (Å²) in [6.45, 7) is 0. The normalized spacial score (nSPS) is 18.4. The van der Waals surface area contributed by atoms with Gasteiger partial charge in [0, 0.05) is 18.0 Å². The Kier molecular flexibility index (Phi) is 3.60. The summed E-state index contributed by atoms with van der Waals surface area (Å²) in [7, 11) is 1.62. The molecule has 0 spiro atoms. The summed E-state index contributed by atoms with van der Waals surface area (Å²) in [6, 6.07) is 11.5. The molecule has 1 saturated heterocycles. The van der Waals surface area contributed by atoms with Crippen LogP contribution in [0.25, 0.3) is 0 Å². The first-order valence-corrected chi connectivity index (χ1v) is 7.33. The van der Waals surface area contributed by atoms with Gasteiger partial charge in [-0.25, -0.2) is 0 Å². The standard InChI is InChI=1S/C15H14N2O2S/c1-19-13-7-3-2-6-12(13)17-14(18)10-20-15(17)11-5-4-8-16-9-11/h2-9,15H,10H2,1H3. The summed E-state index contributed by atoms with van der Waals surface area (Å²) in [5.41, 5.74) is 1.83. The average Bonchev–Trinajstić information content (AvgIpc) is 2.89. The van der Waals surface area contributed by atoms with Gasteiger partial charge in [0.25, 0.3) is 0 Å². The smallest absolute Gasteiger partial charge is 0.238 e. The molecular weight excluding hydrogens is 272 g/mol. The first kappa shape index (κ1) is 13.0. The van der Waals surface area contributed by atoms with Gasteiger partial charge in [0.1, 0.15) is 11.1 Å². The minimum absolute atomic E-state index is 0.0486. The van der Waals surface area contributed by atoms with Crippen LogP contribution >= 0.6 is 11.8 Å². The number of hydrogen-bond donors (Lipinski definition) is 0. The molecule has 1 atom stereocenters. The van der Waals surface area contributed by atoms with Crippen molar-refractivity contribution < 1.29 is 9.53 Å². The zero-order valence-electron chi connectivity index (χ0n) is 11.0. The number of aromatic nitrogens is 1. The SMILES string of the molecule is COc1ccccc1N1C(=O)CSC1c1cccnc1. The van der Waals surface area contributed by atoms with E-state index in [9.17, 15) is 4.79 Å². The third-order valence-electron chi connectivity index (χ3n) is 3.18. The number of thioether (sulfide) groups is 1. The monoisotopic (exact) mass is 286 g/mol. The Labute approximate surface area is 121 Å². The number of benzene rings is 1. The topological polar surface area (TPSA) is 42.4 Å². The predicted octanol–water partition coefficient (Wildman–Crippen LogP) is 2.87. The highest BCUT2D eigenvalue weighted by Gasteiger charge is 2.35. The summed E-state index contributed by atoms with van der Waals surface area (Å²) in [5.74, 6) is 1.27. The quantitative estimate of drug-likeness (QED) is 0.870. The Morgan fingerprint density at radius 1 is 1.30 bits per heavy atom. The molecule has 4 nitrogen and oxygen atoms in total. The Morgan fingerprint density at radius 3 is 2.90 bits per heavy atom. The fourth-order valence-electron chi connectivity index (χ4n) is 2.28. The summed E-state index contributed by atoms with van der Waals surface area (Å²) in [5, 5.41) is -0.0486. The van der Waals surface area contributed by atoms with E-state index in [-0.39, 0.29) is 11.3 Å². The van der Waals surface area contributed by atoms with Crippen molar-refractivity contribution in [2.45, 2.75) is 5.37 Å².